The second-order valence-electron chi connectivity index (χ2n) is 4.12. The molecule has 1 unspecified atom stereocenters. The molecule has 0 aliphatic rings. The van der Waals surface area contributed by atoms with Gasteiger partial charge in [-0.25, -0.2) is 0 Å². The summed E-state index contributed by atoms with van der Waals surface area (Å²) in [7, 11) is 0. The van der Waals surface area contributed by atoms with Crippen molar-refractivity contribution in [3.63, 3.8) is 0 Å². The first-order valence-electron chi connectivity index (χ1n) is 5.44. The van der Waals surface area contributed by atoms with Crippen LogP contribution in [0.5, 0.6) is 5.75 Å². The number of carbonyl (C=O) groups is 1. The molecule has 0 radical (unpaired) electrons. The molecule has 0 amide bonds. The summed E-state index contributed by atoms with van der Waals surface area (Å²) in [5.41, 5.74) is 0.202. The van der Waals surface area contributed by atoms with Gasteiger partial charge in [-0.2, -0.15) is 14.0 Å². The van der Waals surface area contributed by atoms with Crippen LogP contribution in [0.25, 0.3) is 0 Å². The number of nitrogens with zero attached hydrogens (tertiary/aromatic N) is 1. The number of carbonyl (C=O) groups excluding carboxylic acids is 1. The highest BCUT2D eigenvalue weighted by molar-refractivity contribution is 5.99. The van der Waals surface area contributed by atoms with E-state index in [1.165, 1.54) is 24.3 Å². The van der Waals surface area contributed by atoms with Crippen molar-refractivity contribution in [1.82, 2.24) is 0 Å². The first-order valence-corrected chi connectivity index (χ1v) is 5.44. The minimum atomic E-state index is -2.94. The maximum atomic E-state index is 12.0. The van der Waals surface area contributed by atoms with E-state index in [1.54, 1.807) is 13.8 Å². The molecule has 18 heavy (non-hydrogen) atoms. The van der Waals surface area contributed by atoms with Crippen molar-refractivity contribution in [1.29, 1.82) is 5.26 Å². The van der Waals surface area contributed by atoms with Gasteiger partial charge in [0, 0.05) is 5.56 Å². The van der Waals surface area contributed by atoms with E-state index in [1.807, 2.05) is 6.07 Å². The number of rotatable bonds is 5. The lowest BCUT2D eigenvalue weighted by atomic mass is 9.89. The molecule has 5 heteroatoms. The fraction of sp³-hybridized carbons (Fsp3) is 0.385. The van der Waals surface area contributed by atoms with Crippen LogP contribution in [0.15, 0.2) is 24.3 Å². The molecule has 1 aromatic rings. The molecular weight excluding hydrogens is 240 g/mol. The van der Waals surface area contributed by atoms with E-state index in [0.29, 0.717) is 0 Å². The zero-order valence-electron chi connectivity index (χ0n) is 10.1. The standard InChI is InChI=1S/C13H13F2NO2/c1-8(2)11(7-16)12(17)9-4-3-5-10(6-9)18-13(14)15/h3-6,8,11,13H,1-2H3. The molecule has 0 spiro atoms. The summed E-state index contributed by atoms with van der Waals surface area (Å²) < 4.78 is 28.3. The number of alkyl halides is 2. The van der Waals surface area contributed by atoms with Gasteiger partial charge in [0.1, 0.15) is 11.7 Å². The fourth-order valence-corrected chi connectivity index (χ4v) is 1.52. The average Bonchev–Trinajstić information content (AvgIpc) is 2.28. The van der Waals surface area contributed by atoms with Crippen LogP contribution in [0.1, 0.15) is 24.2 Å². The highest BCUT2D eigenvalue weighted by atomic mass is 19.3. The largest absolute Gasteiger partial charge is 0.435 e. The van der Waals surface area contributed by atoms with E-state index in [2.05, 4.69) is 4.74 Å². The Labute approximate surface area is 104 Å². The minimum absolute atomic E-state index is 0.0868. The maximum absolute atomic E-state index is 12.0. The van der Waals surface area contributed by atoms with Gasteiger partial charge in [-0.1, -0.05) is 26.0 Å². The van der Waals surface area contributed by atoms with E-state index in [-0.39, 0.29) is 23.0 Å². The number of nitriles is 1. The highest BCUT2D eigenvalue weighted by Crippen LogP contribution is 2.21. The van der Waals surface area contributed by atoms with E-state index in [4.69, 9.17) is 5.26 Å². The Morgan fingerprint density at radius 1 is 1.39 bits per heavy atom. The van der Waals surface area contributed by atoms with Crippen LogP contribution in [0.4, 0.5) is 8.78 Å². The van der Waals surface area contributed by atoms with Crippen LogP contribution in [0, 0.1) is 23.2 Å². The highest BCUT2D eigenvalue weighted by Gasteiger charge is 2.23. The summed E-state index contributed by atoms with van der Waals surface area (Å²) in [5.74, 6) is -1.39. The van der Waals surface area contributed by atoms with Crippen LogP contribution in [-0.4, -0.2) is 12.4 Å². The average molecular weight is 253 g/mol. The van der Waals surface area contributed by atoms with E-state index in [9.17, 15) is 13.6 Å². The van der Waals surface area contributed by atoms with Gasteiger partial charge in [0.25, 0.3) is 0 Å². The molecular formula is C13H13F2NO2. The molecule has 0 saturated heterocycles. The molecule has 0 heterocycles. The smallest absolute Gasteiger partial charge is 0.387 e. The molecule has 0 bridgehead atoms. The molecule has 0 aromatic heterocycles. The number of benzene rings is 1. The van der Waals surface area contributed by atoms with Gasteiger partial charge in [0.2, 0.25) is 0 Å². The van der Waals surface area contributed by atoms with Crippen molar-refractivity contribution < 1.29 is 18.3 Å². The summed E-state index contributed by atoms with van der Waals surface area (Å²) in [5, 5.41) is 8.92. The first-order chi connectivity index (χ1) is 8.45. The van der Waals surface area contributed by atoms with E-state index < -0.39 is 12.5 Å². The number of ketones is 1. The third-order valence-corrected chi connectivity index (χ3v) is 2.43. The SMILES string of the molecule is CC(C)C(C#N)C(=O)c1cccc(OC(F)F)c1. The number of Topliss-reactive ketones (excluding diaryl/α,β-unsaturated/α-hetero) is 1. The minimum Gasteiger partial charge on any atom is -0.435 e. The van der Waals surface area contributed by atoms with Crippen LogP contribution in [-0.2, 0) is 0 Å². The molecule has 1 aromatic carbocycles. The number of ether oxygens (including phenoxy) is 1. The van der Waals surface area contributed by atoms with Crippen LogP contribution in [0.2, 0.25) is 0 Å². The third kappa shape index (κ3) is 3.52. The van der Waals surface area contributed by atoms with Gasteiger partial charge in [0.15, 0.2) is 5.78 Å². The second kappa shape index (κ2) is 6.10. The first kappa shape index (κ1) is 14.1. The predicted octanol–water partition coefficient (Wildman–Crippen LogP) is 3.27. The van der Waals surface area contributed by atoms with Gasteiger partial charge >= 0.3 is 6.61 Å². The molecule has 96 valence electrons. The topological polar surface area (TPSA) is 50.1 Å². The molecule has 1 rings (SSSR count). The Morgan fingerprint density at radius 3 is 2.56 bits per heavy atom. The van der Waals surface area contributed by atoms with Gasteiger partial charge in [0.05, 0.1) is 6.07 Å². The normalized spacial score (nSPS) is 12.3. The molecule has 0 aliphatic heterocycles. The fourth-order valence-electron chi connectivity index (χ4n) is 1.52. The number of hydrogen-bond acceptors (Lipinski definition) is 3. The van der Waals surface area contributed by atoms with Crippen LogP contribution < -0.4 is 4.74 Å². The van der Waals surface area contributed by atoms with Crippen LogP contribution >= 0.6 is 0 Å². The van der Waals surface area contributed by atoms with Gasteiger partial charge < -0.3 is 4.74 Å². The molecule has 0 N–H and O–H groups in total. The Hall–Kier alpha value is -1.96. The van der Waals surface area contributed by atoms with Crippen molar-refractivity contribution in [2.24, 2.45) is 11.8 Å². The van der Waals surface area contributed by atoms with Crippen LogP contribution in [0.3, 0.4) is 0 Å². The summed E-state index contributed by atoms with van der Waals surface area (Å²) in [6, 6.07) is 7.40. The zero-order valence-corrected chi connectivity index (χ0v) is 10.1. The van der Waals surface area contributed by atoms with Crippen molar-refractivity contribution in [2.75, 3.05) is 0 Å². The third-order valence-electron chi connectivity index (χ3n) is 2.43. The lowest BCUT2D eigenvalue weighted by molar-refractivity contribution is -0.0498. The summed E-state index contributed by atoms with van der Waals surface area (Å²) in [6.45, 7) is 0.573. The summed E-state index contributed by atoms with van der Waals surface area (Å²) in [4.78, 5) is 12.0. The van der Waals surface area contributed by atoms with Gasteiger partial charge in [-0.15, -0.1) is 0 Å². The van der Waals surface area contributed by atoms with E-state index >= 15 is 0 Å². The summed E-state index contributed by atoms with van der Waals surface area (Å²) >= 11 is 0. The quantitative estimate of drug-likeness (QED) is 0.757. The molecule has 1 atom stereocenters. The predicted molar refractivity (Wildman–Crippen MR) is 61.3 cm³/mol. The van der Waals surface area contributed by atoms with E-state index in [0.717, 1.165) is 0 Å². The monoisotopic (exact) mass is 253 g/mol. The van der Waals surface area contributed by atoms with Crippen molar-refractivity contribution >= 4 is 5.78 Å². The molecule has 0 saturated carbocycles. The lowest BCUT2D eigenvalue weighted by Crippen LogP contribution is -2.18. The Kier molecular flexibility index (Phi) is 4.78. The Balaban J connectivity index is 2.96. The van der Waals surface area contributed by atoms with Gasteiger partial charge in [-0.05, 0) is 18.1 Å². The van der Waals surface area contributed by atoms with Crippen molar-refractivity contribution in [2.45, 2.75) is 20.5 Å². The number of hydrogen-bond donors (Lipinski definition) is 0. The number of halogens is 2. The van der Waals surface area contributed by atoms with Crippen molar-refractivity contribution in [3.8, 4) is 11.8 Å². The maximum Gasteiger partial charge on any atom is 0.387 e. The molecule has 0 aliphatic carbocycles. The Morgan fingerprint density at radius 2 is 2.06 bits per heavy atom. The zero-order chi connectivity index (χ0) is 13.7. The molecule has 0 fully saturated rings. The Bertz CT molecular complexity index is 466. The molecule has 3 nitrogen and oxygen atoms in total. The summed E-state index contributed by atoms with van der Waals surface area (Å²) in [6.07, 6.45) is 0. The lowest BCUT2D eigenvalue weighted by Gasteiger charge is -2.12. The van der Waals surface area contributed by atoms with Gasteiger partial charge in [-0.3, -0.25) is 4.79 Å². The van der Waals surface area contributed by atoms with Crippen molar-refractivity contribution in [3.05, 3.63) is 29.8 Å². The second-order valence-corrected chi connectivity index (χ2v) is 4.12.